The Morgan fingerprint density at radius 2 is 1.85 bits per heavy atom. The maximum absolute atomic E-state index is 13.1. The van der Waals surface area contributed by atoms with Gasteiger partial charge < -0.3 is 4.74 Å². The molecule has 0 aromatic heterocycles. The Morgan fingerprint density at radius 3 is 2.38 bits per heavy atom. The largest absolute Gasteiger partial charge is 0.495 e. The first kappa shape index (κ1) is 20.3. The van der Waals surface area contributed by atoms with Crippen molar-refractivity contribution in [1.29, 1.82) is 0 Å². The summed E-state index contributed by atoms with van der Waals surface area (Å²) in [6.45, 7) is 3.33. The fourth-order valence-electron chi connectivity index (χ4n) is 2.44. The molecule has 0 heterocycles. The highest BCUT2D eigenvalue weighted by atomic mass is 35.5. The van der Waals surface area contributed by atoms with E-state index in [-0.39, 0.29) is 38.6 Å². The average molecular weight is 419 g/mol. The molecule has 0 bridgehead atoms. The number of nitro benzene ring substituents is 1. The predicted molar refractivity (Wildman–Crippen MR) is 101 cm³/mol. The second-order valence-electron chi connectivity index (χ2n) is 5.29. The molecule has 0 atom stereocenters. The fourth-order valence-corrected chi connectivity index (χ4v) is 4.79. The third-order valence-corrected chi connectivity index (χ3v) is 6.67. The van der Waals surface area contributed by atoms with Crippen molar-refractivity contribution in [2.24, 2.45) is 0 Å². The Hall–Kier alpha value is -2.03. The highest BCUT2D eigenvalue weighted by Gasteiger charge is 2.30. The van der Waals surface area contributed by atoms with E-state index < -0.39 is 14.9 Å². The van der Waals surface area contributed by atoms with Gasteiger partial charge in [-0.15, -0.1) is 0 Å². The molecule has 140 valence electrons. The number of nitrogens with zero attached hydrogens (tertiary/aromatic N) is 2. The Labute approximate surface area is 161 Å². The molecule has 0 unspecified atom stereocenters. The maximum atomic E-state index is 13.1. The Kier molecular flexibility index (Phi) is 6.00. The summed E-state index contributed by atoms with van der Waals surface area (Å²) in [5, 5.41) is 10.9. The normalized spacial score (nSPS) is 11.3. The highest BCUT2D eigenvalue weighted by molar-refractivity contribution is 7.93. The number of hydrogen-bond donors (Lipinski definition) is 0. The number of aryl methyl sites for hydroxylation is 1. The van der Waals surface area contributed by atoms with Crippen molar-refractivity contribution >= 4 is 44.6 Å². The number of sulfonamides is 1. The predicted octanol–water partition coefficient (Wildman–Crippen LogP) is 4.43. The minimum atomic E-state index is -4.11. The molecule has 10 heteroatoms. The molecule has 0 aliphatic heterocycles. The van der Waals surface area contributed by atoms with Crippen LogP contribution in [0.15, 0.2) is 35.2 Å². The summed E-state index contributed by atoms with van der Waals surface area (Å²) in [6, 6.07) is 6.72. The van der Waals surface area contributed by atoms with Crippen LogP contribution in [0.3, 0.4) is 0 Å². The van der Waals surface area contributed by atoms with Gasteiger partial charge in [0.2, 0.25) is 0 Å². The van der Waals surface area contributed by atoms with E-state index in [4.69, 9.17) is 27.9 Å². The number of hydrogen-bond acceptors (Lipinski definition) is 5. The van der Waals surface area contributed by atoms with Gasteiger partial charge in [-0.1, -0.05) is 29.3 Å². The molecule has 7 nitrogen and oxygen atoms in total. The topological polar surface area (TPSA) is 89.8 Å². The summed E-state index contributed by atoms with van der Waals surface area (Å²) < 4.78 is 32.4. The Balaban J connectivity index is 2.66. The minimum absolute atomic E-state index is 0.0259. The van der Waals surface area contributed by atoms with Gasteiger partial charge in [0.05, 0.1) is 22.7 Å². The summed E-state index contributed by atoms with van der Waals surface area (Å²) in [7, 11) is -2.72. The van der Waals surface area contributed by atoms with Crippen LogP contribution in [0.25, 0.3) is 0 Å². The molecular formula is C16H16Cl2N2O5S. The molecule has 0 N–H and O–H groups in total. The van der Waals surface area contributed by atoms with Crippen LogP contribution >= 0.6 is 23.2 Å². The molecule has 26 heavy (non-hydrogen) atoms. The van der Waals surface area contributed by atoms with Crippen molar-refractivity contribution < 1.29 is 18.1 Å². The van der Waals surface area contributed by atoms with Crippen LogP contribution in [0.4, 0.5) is 11.4 Å². The molecule has 0 amide bonds. The van der Waals surface area contributed by atoms with E-state index in [1.165, 1.54) is 37.4 Å². The molecule has 0 saturated carbocycles. The first-order valence-electron chi connectivity index (χ1n) is 7.44. The molecule has 0 aliphatic rings. The zero-order valence-corrected chi connectivity index (χ0v) is 16.5. The summed E-state index contributed by atoms with van der Waals surface area (Å²) in [6.07, 6.45) is 0. The monoisotopic (exact) mass is 418 g/mol. The van der Waals surface area contributed by atoms with E-state index in [0.717, 1.165) is 4.31 Å². The van der Waals surface area contributed by atoms with Crippen LogP contribution in [-0.2, 0) is 10.0 Å². The van der Waals surface area contributed by atoms with Crippen molar-refractivity contribution in [2.75, 3.05) is 18.0 Å². The summed E-state index contributed by atoms with van der Waals surface area (Å²) in [5.41, 5.74) is 0.555. The molecule has 2 aromatic rings. The van der Waals surface area contributed by atoms with E-state index in [2.05, 4.69) is 0 Å². The van der Waals surface area contributed by atoms with E-state index in [1.54, 1.807) is 13.8 Å². The standard InChI is InChI=1S/C16H16Cl2N2O5S/c1-4-19(12-9-11(20(21)22)6-5-10(12)2)26(23,24)14-8-7-13(25-3)15(17)16(14)18/h5-9H,4H2,1-3H3. The molecule has 0 radical (unpaired) electrons. The van der Waals surface area contributed by atoms with E-state index in [1.807, 2.05) is 0 Å². The van der Waals surface area contributed by atoms with Gasteiger partial charge in [-0.05, 0) is 31.5 Å². The molecule has 2 rings (SSSR count). The molecule has 0 spiro atoms. The zero-order chi connectivity index (χ0) is 19.6. The molecular weight excluding hydrogens is 403 g/mol. The quantitative estimate of drug-likeness (QED) is 0.510. The van der Waals surface area contributed by atoms with Crippen molar-refractivity contribution in [3.8, 4) is 5.75 Å². The lowest BCUT2D eigenvalue weighted by atomic mass is 10.2. The second-order valence-corrected chi connectivity index (χ2v) is 7.88. The van der Waals surface area contributed by atoms with Gasteiger partial charge in [-0.25, -0.2) is 8.42 Å². The summed E-state index contributed by atoms with van der Waals surface area (Å²) in [4.78, 5) is 10.3. The van der Waals surface area contributed by atoms with Crippen molar-refractivity contribution in [2.45, 2.75) is 18.7 Å². The van der Waals surface area contributed by atoms with Gasteiger partial charge in [-0.3, -0.25) is 14.4 Å². The lowest BCUT2D eigenvalue weighted by molar-refractivity contribution is -0.384. The number of benzene rings is 2. The minimum Gasteiger partial charge on any atom is -0.495 e. The van der Waals surface area contributed by atoms with Crippen LogP contribution < -0.4 is 9.04 Å². The van der Waals surface area contributed by atoms with Crippen LogP contribution in [0.2, 0.25) is 10.0 Å². The van der Waals surface area contributed by atoms with Crippen LogP contribution in [0, 0.1) is 17.0 Å². The lowest BCUT2D eigenvalue weighted by Gasteiger charge is -2.25. The van der Waals surface area contributed by atoms with Crippen LogP contribution in [0.1, 0.15) is 12.5 Å². The number of halogens is 2. The molecule has 0 fully saturated rings. The molecule has 2 aromatic carbocycles. The van der Waals surface area contributed by atoms with Gasteiger partial charge in [0, 0.05) is 18.7 Å². The highest BCUT2D eigenvalue weighted by Crippen LogP contribution is 2.39. The first-order valence-corrected chi connectivity index (χ1v) is 9.64. The van der Waals surface area contributed by atoms with Gasteiger partial charge in [0.1, 0.15) is 15.7 Å². The number of ether oxygens (including phenoxy) is 1. The van der Waals surface area contributed by atoms with Crippen molar-refractivity contribution in [1.82, 2.24) is 0 Å². The average Bonchev–Trinajstić information content (AvgIpc) is 2.58. The number of anilines is 1. The SMILES string of the molecule is CCN(c1cc([N+](=O)[O-])ccc1C)S(=O)(=O)c1ccc(OC)c(Cl)c1Cl. The Morgan fingerprint density at radius 1 is 1.19 bits per heavy atom. The number of rotatable bonds is 6. The molecule has 0 saturated heterocycles. The van der Waals surface area contributed by atoms with Gasteiger partial charge in [-0.2, -0.15) is 0 Å². The lowest BCUT2D eigenvalue weighted by Crippen LogP contribution is -2.31. The van der Waals surface area contributed by atoms with E-state index in [0.29, 0.717) is 5.56 Å². The number of methoxy groups -OCH3 is 1. The van der Waals surface area contributed by atoms with Crippen molar-refractivity contribution in [3.63, 3.8) is 0 Å². The molecule has 0 aliphatic carbocycles. The summed E-state index contributed by atoms with van der Waals surface area (Å²) in [5.74, 6) is 0.241. The second kappa shape index (κ2) is 7.69. The van der Waals surface area contributed by atoms with Gasteiger partial charge in [0.15, 0.2) is 0 Å². The Bertz CT molecular complexity index is 963. The zero-order valence-electron chi connectivity index (χ0n) is 14.2. The van der Waals surface area contributed by atoms with Gasteiger partial charge >= 0.3 is 0 Å². The maximum Gasteiger partial charge on any atom is 0.271 e. The van der Waals surface area contributed by atoms with Crippen LogP contribution in [-0.4, -0.2) is 27.0 Å². The third kappa shape index (κ3) is 3.58. The number of non-ortho nitro benzene ring substituents is 1. The van der Waals surface area contributed by atoms with Crippen LogP contribution in [0.5, 0.6) is 5.75 Å². The number of nitro groups is 1. The van der Waals surface area contributed by atoms with Gasteiger partial charge in [0.25, 0.3) is 15.7 Å². The van der Waals surface area contributed by atoms with Crippen molar-refractivity contribution in [3.05, 3.63) is 56.1 Å². The smallest absolute Gasteiger partial charge is 0.271 e. The van der Waals surface area contributed by atoms with E-state index >= 15 is 0 Å². The summed E-state index contributed by atoms with van der Waals surface area (Å²) >= 11 is 12.2. The first-order chi connectivity index (χ1) is 12.1. The van der Waals surface area contributed by atoms with E-state index in [9.17, 15) is 18.5 Å². The third-order valence-electron chi connectivity index (χ3n) is 3.76. The fraction of sp³-hybridized carbons (Fsp3) is 0.250.